The Bertz CT molecular complexity index is 522. The Morgan fingerprint density at radius 3 is 2.33 bits per heavy atom. The zero-order chi connectivity index (χ0) is 11.8. The molecule has 0 saturated carbocycles. The van der Waals surface area contributed by atoms with Crippen LogP contribution in [-0.4, -0.2) is 19.5 Å². The van der Waals surface area contributed by atoms with Gasteiger partial charge in [-0.3, -0.25) is 0 Å². The lowest BCUT2D eigenvalue weighted by Crippen LogP contribution is -2.02. The van der Waals surface area contributed by atoms with Crippen molar-refractivity contribution in [1.82, 2.24) is 0 Å². The normalized spacial score (nSPS) is 11.4. The topological polar surface area (TPSA) is 71.4 Å². The quantitative estimate of drug-likeness (QED) is 0.836. The molecule has 1 N–H and O–H groups in total. The third-order valence-electron chi connectivity index (χ3n) is 1.76. The molecule has 0 aliphatic heterocycles. The van der Waals surface area contributed by atoms with Gasteiger partial charge >= 0.3 is 5.97 Å². The molecule has 0 heterocycles. The van der Waals surface area contributed by atoms with Crippen molar-refractivity contribution in [3.8, 4) is 0 Å². The predicted octanol–water partition coefficient (Wildman–Crippen LogP) is 2.27. The Balaban J connectivity index is 3.58. The van der Waals surface area contributed by atoms with Crippen molar-refractivity contribution in [3.05, 3.63) is 28.3 Å². The summed E-state index contributed by atoms with van der Waals surface area (Å²) in [5.41, 5.74) is 0.0153. The summed E-state index contributed by atoms with van der Waals surface area (Å²) in [6.45, 7) is 1.48. The van der Waals surface area contributed by atoms with Crippen LogP contribution in [0.15, 0.2) is 17.0 Å². The first-order chi connectivity index (χ1) is 6.73. The van der Waals surface area contributed by atoms with Gasteiger partial charge in [-0.05, 0) is 24.6 Å². The number of carboxylic acids is 1. The van der Waals surface area contributed by atoms with Gasteiger partial charge in [-0.1, -0.05) is 11.6 Å². The van der Waals surface area contributed by atoms with Gasteiger partial charge < -0.3 is 5.11 Å². The minimum Gasteiger partial charge on any atom is -0.478 e. The van der Waals surface area contributed by atoms with E-state index in [1.807, 2.05) is 0 Å². The minimum absolute atomic E-state index is 0.0240. The van der Waals surface area contributed by atoms with Crippen molar-refractivity contribution >= 4 is 37.3 Å². The largest absolute Gasteiger partial charge is 0.478 e. The van der Waals surface area contributed by atoms with E-state index in [-0.39, 0.29) is 15.5 Å². The number of hydrogen-bond acceptors (Lipinski definition) is 3. The molecule has 0 spiro atoms. The van der Waals surface area contributed by atoms with Gasteiger partial charge in [0.2, 0.25) is 0 Å². The molecule has 0 aliphatic rings. The molecule has 0 atom stereocenters. The molecule has 0 amide bonds. The summed E-state index contributed by atoms with van der Waals surface area (Å²) in [5, 5.41) is 8.70. The van der Waals surface area contributed by atoms with Crippen molar-refractivity contribution in [1.29, 1.82) is 0 Å². The number of rotatable bonds is 2. The van der Waals surface area contributed by atoms with E-state index >= 15 is 0 Å². The highest BCUT2D eigenvalue weighted by Crippen LogP contribution is 2.26. The van der Waals surface area contributed by atoms with Crippen molar-refractivity contribution < 1.29 is 18.3 Å². The molecule has 0 radical (unpaired) electrons. The Morgan fingerprint density at radius 2 is 1.93 bits per heavy atom. The molecule has 0 fully saturated rings. The number of carboxylic acid groups (broad SMARTS) is 1. The number of halogens is 2. The summed E-state index contributed by atoms with van der Waals surface area (Å²) in [4.78, 5) is 10.4. The molecular weight excluding hydrogens is 263 g/mol. The standard InChI is InChI=1S/C8H6Cl2O4S/c1-4-2-6(9)5(8(11)12)3-7(4)15(10,13)14/h2-3H,1H3,(H,11,12). The molecule has 82 valence electrons. The second-order valence-corrected chi connectivity index (χ2v) is 5.78. The van der Waals surface area contributed by atoms with E-state index in [2.05, 4.69) is 0 Å². The summed E-state index contributed by atoms with van der Waals surface area (Å²) >= 11 is 5.63. The van der Waals surface area contributed by atoms with Gasteiger partial charge in [-0.25, -0.2) is 13.2 Å². The van der Waals surface area contributed by atoms with Crippen LogP contribution in [0.5, 0.6) is 0 Å². The maximum absolute atomic E-state index is 11.1. The zero-order valence-corrected chi connectivity index (χ0v) is 9.82. The number of carbonyl (C=O) groups is 1. The number of benzene rings is 1. The number of hydrogen-bond donors (Lipinski definition) is 1. The maximum atomic E-state index is 11.1. The van der Waals surface area contributed by atoms with Crippen molar-refractivity contribution in [2.24, 2.45) is 0 Å². The van der Waals surface area contributed by atoms with E-state index in [9.17, 15) is 13.2 Å². The first-order valence-corrected chi connectivity index (χ1v) is 6.40. The van der Waals surface area contributed by atoms with Crippen LogP contribution in [0.4, 0.5) is 0 Å². The van der Waals surface area contributed by atoms with E-state index in [0.29, 0.717) is 5.56 Å². The molecule has 0 saturated heterocycles. The van der Waals surface area contributed by atoms with Crippen LogP contribution in [0.2, 0.25) is 5.02 Å². The molecule has 0 unspecified atom stereocenters. The number of aryl methyl sites for hydroxylation is 1. The van der Waals surface area contributed by atoms with Crippen LogP contribution in [0.1, 0.15) is 15.9 Å². The van der Waals surface area contributed by atoms with Crippen LogP contribution >= 0.6 is 22.3 Å². The minimum atomic E-state index is -3.96. The number of aromatic carboxylic acids is 1. The second kappa shape index (κ2) is 4.00. The van der Waals surface area contributed by atoms with E-state index in [0.717, 1.165) is 6.07 Å². The molecular formula is C8H6Cl2O4S. The average Bonchev–Trinajstić information content (AvgIpc) is 2.00. The van der Waals surface area contributed by atoms with Gasteiger partial charge in [-0.2, -0.15) is 0 Å². The molecule has 1 rings (SSSR count). The first-order valence-electron chi connectivity index (χ1n) is 3.71. The van der Waals surface area contributed by atoms with E-state index in [1.54, 1.807) is 0 Å². The third kappa shape index (κ3) is 2.62. The Morgan fingerprint density at radius 1 is 1.40 bits per heavy atom. The monoisotopic (exact) mass is 268 g/mol. The fourth-order valence-electron chi connectivity index (χ4n) is 1.08. The highest BCUT2D eigenvalue weighted by molar-refractivity contribution is 8.13. The maximum Gasteiger partial charge on any atom is 0.337 e. The van der Waals surface area contributed by atoms with Gasteiger partial charge in [0.05, 0.1) is 15.5 Å². The average molecular weight is 269 g/mol. The summed E-state index contributed by atoms with van der Waals surface area (Å²) in [5.74, 6) is -1.30. The highest BCUT2D eigenvalue weighted by atomic mass is 35.7. The van der Waals surface area contributed by atoms with Crippen LogP contribution in [0, 0.1) is 6.92 Å². The van der Waals surface area contributed by atoms with Crippen LogP contribution < -0.4 is 0 Å². The van der Waals surface area contributed by atoms with E-state index < -0.39 is 15.0 Å². The van der Waals surface area contributed by atoms with Gasteiger partial charge in [0.1, 0.15) is 0 Å². The van der Waals surface area contributed by atoms with Gasteiger partial charge in [-0.15, -0.1) is 0 Å². The fourth-order valence-corrected chi connectivity index (χ4v) is 2.58. The SMILES string of the molecule is Cc1cc(Cl)c(C(=O)O)cc1S(=O)(=O)Cl. The van der Waals surface area contributed by atoms with Crippen molar-refractivity contribution in [3.63, 3.8) is 0 Å². The molecule has 4 nitrogen and oxygen atoms in total. The summed E-state index contributed by atoms with van der Waals surface area (Å²) in [6, 6.07) is 2.20. The van der Waals surface area contributed by atoms with Crippen molar-refractivity contribution in [2.45, 2.75) is 11.8 Å². The Kier molecular flexibility index (Phi) is 3.28. The molecule has 0 aliphatic carbocycles. The van der Waals surface area contributed by atoms with E-state index in [4.69, 9.17) is 27.4 Å². The predicted molar refractivity (Wildman–Crippen MR) is 56.2 cm³/mol. The summed E-state index contributed by atoms with van der Waals surface area (Å²) in [7, 11) is 1.17. The molecule has 0 aromatic heterocycles. The molecule has 15 heavy (non-hydrogen) atoms. The molecule has 0 bridgehead atoms. The lowest BCUT2D eigenvalue weighted by Gasteiger charge is -2.05. The van der Waals surface area contributed by atoms with Crippen LogP contribution in [-0.2, 0) is 9.05 Å². The first kappa shape index (κ1) is 12.3. The van der Waals surface area contributed by atoms with Crippen molar-refractivity contribution in [2.75, 3.05) is 0 Å². The lowest BCUT2D eigenvalue weighted by molar-refractivity contribution is 0.0697. The second-order valence-electron chi connectivity index (χ2n) is 2.84. The fraction of sp³-hybridized carbons (Fsp3) is 0.125. The van der Waals surface area contributed by atoms with Crippen LogP contribution in [0.25, 0.3) is 0 Å². The Hall–Kier alpha value is -0.780. The highest BCUT2D eigenvalue weighted by Gasteiger charge is 2.19. The van der Waals surface area contributed by atoms with Gasteiger partial charge in [0, 0.05) is 10.7 Å². The smallest absolute Gasteiger partial charge is 0.337 e. The Labute approximate surface area is 95.9 Å². The lowest BCUT2D eigenvalue weighted by atomic mass is 10.1. The summed E-state index contributed by atoms with van der Waals surface area (Å²) < 4.78 is 22.1. The van der Waals surface area contributed by atoms with Crippen LogP contribution in [0.3, 0.4) is 0 Å². The van der Waals surface area contributed by atoms with Gasteiger partial charge in [0.25, 0.3) is 9.05 Å². The molecule has 1 aromatic rings. The van der Waals surface area contributed by atoms with E-state index in [1.165, 1.54) is 13.0 Å². The molecule has 1 aromatic carbocycles. The summed E-state index contributed by atoms with van der Waals surface area (Å²) in [6.07, 6.45) is 0. The third-order valence-corrected chi connectivity index (χ3v) is 3.53. The van der Waals surface area contributed by atoms with Gasteiger partial charge in [0.15, 0.2) is 0 Å². The molecule has 7 heteroatoms. The zero-order valence-electron chi connectivity index (χ0n) is 7.49.